The van der Waals surface area contributed by atoms with Crippen LogP contribution in [-0.2, 0) is 0 Å². The highest BCUT2D eigenvalue weighted by molar-refractivity contribution is 6.06. The summed E-state index contributed by atoms with van der Waals surface area (Å²) in [5, 5.41) is 4.60. The minimum Gasteiger partial charge on any atom is -0.463 e. The first-order valence-electron chi connectivity index (χ1n) is 7.68. The molecular formula is C17H19N3O3. The van der Waals surface area contributed by atoms with Crippen LogP contribution in [0, 0.1) is 6.92 Å². The molecular weight excluding hydrogens is 294 g/mol. The van der Waals surface area contributed by atoms with E-state index in [0.717, 1.165) is 12.8 Å². The Balaban J connectivity index is 2.10. The van der Waals surface area contributed by atoms with Crippen molar-refractivity contribution >= 4 is 17.0 Å². The van der Waals surface area contributed by atoms with Crippen molar-refractivity contribution in [1.29, 1.82) is 0 Å². The first-order valence-corrected chi connectivity index (χ1v) is 7.68. The molecule has 6 heteroatoms. The van der Waals surface area contributed by atoms with Crippen LogP contribution in [-0.4, -0.2) is 34.5 Å². The number of aromatic nitrogens is 2. The SMILES string of the molecule is CCCCN(C)C(=O)c1cc(-c2ccco2)nc2onc(C)c12. The van der Waals surface area contributed by atoms with Crippen molar-refractivity contribution in [3.8, 4) is 11.5 Å². The largest absolute Gasteiger partial charge is 0.463 e. The number of carbonyl (C=O) groups excluding carboxylic acids is 1. The number of carbonyl (C=O) groups is 1. The quantitative estimate of drug-likeness (QED) is 0.718. The number of nitrogens with zero attached hydrogens (tertiary/aromatic N) is 3. The topological polar surface area (TPSA) is 72.4 Å². The van der Waals surface area contributed by atoms with E-state index in [2.05, 4.69) is 17.1 Å². The minimum absolute atomic E-state index is 0.0649. The highest BCUT2D eigenvalue weighted by atomic mass is 16.5. The molecule has 0 unspecified atom stereocenters. The van der Waals surface area contributed by atoms with E-state index in [9.17, 15) is 4.79 Å². The third kappa shape index (κ3) is 2.84. The number of pyridine rings is 1. The van der Waals surface area contributed by atoms with Crippen LogP contribution in [0.2, 0.25) is 0 Å². The Bertz CT molecular complexity index is 821. The zero-order valence-electron chi connectivity index (χ0n) is 13.5. The molecule has 6 nitrogen and oxygen atoms in total. The van der Waals surface area contributed by atoms with Crippen LogP contribution < -0.4 is 0 Å². The van der Waals surface area contributed by atoms with E-state index in [1.807, 2.05) is 6.92 Å². The Labute approximate surface area is 134 Å². The van der Waals surface area contributed by atoms with Gasteiger partial charge in [0.1, 0.15) is 5.69 Å². The van der Waals surface area contributed by atoms with E-state index >= 15 is 0 Å². The van der Waals surface area contributed by atoms with Gasteiger partial charge in [-0.25, -0.2) is 4.98 Å². The predicted molar refractivity (Wildman–Crippen MR) is 86.1 cm³/mol. The second-order valence-corrected chi connectivity index (χ2v) is 5.56. The van der Waals surface area contributed by atoms with Gasteiger partial charge in [0.2, 0.25) is 0 Å². The van der Waals surface area contributed by atoms with Crippen LogP contribution in [0.15, 0.2) is 33.4 Å². The molecule has 3 aromatic rings. The fourth-order valence-corrected chi connectivity index (χ4v) is 2.52. The molecule has 0 radical (unpaired) electrons. The Morgan fingerprint density at radius 1 is 1.39 bits per heavy atom. The normalized spacial score (nSPS) is 11.1. The van der Waals surface area contributed by atoms with Crippen molar-refractivity contribution < 1.29 is 13.7 Å². The van der Waals surface area contributed by atoms with Gasteiger partial charge >= 0.3 is 0 Å². The van der Waals surface area contributed by atoms with Crippen molar-refractivity contribution in [2.24, 2.45) is 0 Å². The summed E-state index contributed by atoms with van der Waals surface area (Å²) < 4.78 is 10.7. The van der Waals surface area contributed by atoms with E-state index in [-0.39, 0.29) is 5.91 Å². The second-order valence-electron chi connectivity index (χ2n) is 5.56. The van der Waals surface area contributed by atoms with E-state index < -0.39 is 0 Å². The highest BCUT2D eigenvalue weighted by Crippen LogP contribution is 2.28. The lowest BCUT2D eigenvalue weighted by atomic mass is 10.1. The number of fused-ring (bicyclic) bond motifs is 1. The van der Waals surface area contributed by atoms with Crippen LogP contribution in [0.5, 0.6) is 0 Å². The molecule has 0 fully saturated rings. The van der Waals surface area contributed by atoms with Gasteiger partial charge in [-0.3, -0.25) is 4.79 Å². The summed E-state index contributed by atoms with van der Waals surface area (Å²) in [5.41, 5.74) is 2.11. The van der Waals surface area contributed by atoms with E-state index in [1.54, 1.807) is 36.4 Å². The summed E-state index contributed by atoms with van der Waals surface area (Å²) in [6.07, 6.45) is 3.57. The van der Waals surface area contributed by atoms with Gasteiger partial charge in [0, 0.05) is 13.6 Å². The third-order valence-electron chi connectivity index (χ3n) is 3.81. The van der Waals surface area contributed by atoms with E-state index in [0.29, 0.717) is 40.4 Å². The van der Waals surface area contributed by atoms with Crippen LogP contribution >= 0.6 is 0 Å². The summed E-state index contributed by atoms with van der Waals surface area (Å²) in [6.45, 7) is 4.62. The van der Waals surface area contributed by atoms with Gasteiger partial charge in [-0.15, -0.1) is 0 Å². The molecule has 0 saturated carbocycles. The van der Waals surface area contributed by atoms with Gasteiger partial charge in [0.05, 0.1) is 22.9 Å². The maximum atomic E-state index is 12.8. The van der Waals surface area contributed by atoms with E-state index in [4.69, 9.17) is 8.94 Å². The monoisotopic (exact) mass is 313 g/mol. The zero-order chi connectivity index (χ0) is 16.4. The standard InChI is InChI=1S/C17H19N3O3/c1-4-5-8-20(3)17(21)12-10-13(14-7-6-9-22-14)18-16-15(12)11(2)19-23-16/h6-7,9-10H,4-5,8H2,1-3H3. The highest BCUT2D eigenvalue weighted by Gasteiger charge is 2.22. The lowest BCUT2D eigenvalue weighted by Crippen LogP contribution is -2.28. The first kappa shape index (κ1) is 15.3. The second kappa shape index (κ2) is 6.24. The molecule has 120 valence electrons. The molecule has 0 bridgehead atoms. The van der Waals surface area contributed by atoms with Gasteiger partial charge in [0.15, 0.2) is 5.76 Å². The number of unbranched alkanes of at least 4 members (excludes halogenated alkanes) is 1. The Morgan fingerprint density at radius 3 is 2.91 bits per heavy atom. The summed E-state index contributed by atoms with van der Waals surface area (Å²) >= 11 is 0. The molecule has 0 saturated heterocycles. The number of hydrogen-bond donors (Lipinski definition) is 0. The van der Waals surface area contributed by atoms with Gasteiger partial charge < -0.3 is 13.8 Å². The molecule has 0 atom stereocenters. The Kier molecular flexibility index (Phi) is 4.14. The zero-order valence-corrected chi connectivity index (χ0v) is 13.5. The molecule has 0 aliphatic carbocycles. The van der Waals surface area contributed by atoms with Crippen molar-refractivity contribution in [2.45, 2.75) is 26.7 Å². The van der Waals surface area contributed by atoms with Crippen LogP contribution in [0.3, 0.4) is 0 Å². The maximum Gasteiger partial charge on any atom is 0.259 e. The van der Waals surface area contributed by atoms with Gasteiger partial charge in [-0.1, -0.05) is 18.5 Å². The lowest BCUT2D eigenvalue weighted by molar-refractivity contribution is 0.0795. The summed E-state index contributed by atoms with van der Waals surface area (Å²) in [4.78, 5) is 19.0. The fraction of sp³-hybridized carbons (Fsp3) is 0.353. The third-order valence-corrected chi connectivity index (χ3v) is 3.81. The molecule has 0 aliphatic rings. The molecule has 0 spiro atoms. The van der Waals surface area contributed by atoms with Gasteiger partial charge in [-0.05, 0) is 31.5 Å². The number of rotatable bonds is 5. The average molecular weight is 313 g/mol. The fourth-order valence-electron chi connectivity index (χ4n) is 2.52. The molecule has 0 aromatic carbocycles. The van der Waals surface area contributed by atoms with Crippen molar-refractivity contribution in [3.05, 3.63) is 35.7 Å². The predicted octanol–water partition coefficient (Wildman–Crippen LogP) is 3.66. The number of amides is 1. The molecule has 0 N–H and O–H groups in total. The smallest absolute Gasteiger partial charge is 0.259 e. The minimum atomic E-state index is -0.0649. The average Bonchev–Trinajstić information content (AvgIpc) is 3.21. The number of hydrogen-bond acceptors (Lipinski definition) is 5. The maximum absolute atomic E-state index is 12.8. The molecule has 0 aliphatic heterocycles. The van der Waals surface area contributed by atoms with Crippen LogP contribution in [0.4, 0.5) is 0 Å². The molecule has 23 heavy (non-hydrogen) atoms. The summed E-state index contributed by atoms with van der Waals surface area (Å²) in [6, 6.07) is 5.32. The Morgan fingerprint density at radius 2 is 2.22 bits per heavy atom. The molecule has 3 aromatic heterocycles. The van der Waals surface area contributed by atoms with Crippen molar-refractivity contribution in [2.75, 3.05) is 13.6 Å². The van der Waals surface area contributed by atoms with E-state index in [1.165, 1.54) is 0 Å². The van der Waals surface area contributed by atoms with Gasteiger partial charge in [0.25, 0.3) is 11.6 Å². The summed E-state index contributed by atoms with van der Waals surface area (Å²) in [7, 11) is 1.81. The van der Waals surface area contributed by atoms with Crippen molar-refractivity contribution in [3.63, 3.8) is 0 Å². The van der Waals surface area contributed by atoms with Gasteiger partial charge in [-0.2, -0.15) is 0 Å². The number of furan rings is 1. The molecule has 1 amide bonds. The van der Waals surface area contributed by atoms with Crippen LogP contribution in [0.1, 0.15) is 35.8 Å². The summed E-state index contributed by atoms with van der Waals surface area (Å²) in [5.74, 6) is 0.524. The first-order chi connectivity index (χ1) is 11.1. The molecule has 3 heterocycles. The Hall–Kier alpha value is -2.63. The number of aryl methyl sites for hydroxylation is 1. The van der Waals surface area contributed by atoms with Crippen molar-refractivity contribution in [1.82, 2.24) is 15.0 Å². The van der Waals surface area contributed by atoms with Crippen LogP contribution in [0.25, 0.3) is 22.6 Å². The molecule has 3 rings (SSSR count). The lowest BCUT2D eigenvalue weighted by Gasteiger charge is -2.17.